The Hall–Kier alpha value is -1.70. The lowest BCUT2D eigenvalue weighted by Gasteiger charge is -1.90. The molecule has 2 aromatic heterocycles. The lowest BCUT2D eigenvalue weighted by atomic mass is 10.2. The maximum Gasteiger partial charge on any atom is 0.0435 e. The molecule has 0 aliphatic heterocycles. The maximum absolute atomic E-state index is 3.89. The predicted molar refractivity (Wildman–Crippen MR) is 64.1 cm³/mol. The van der Waals surface area contributed by atoms with E-state index in [0.717, 1.165) is 16.4 Å². The first kappa shape index (κ1) is 9.84. The molecule has 0 saturated heterocycles. The summed E-state index contributed by atoms with van der Waals surface area (Å²) in [6, 6.07) is 4.20. The largest absolute Gasteiger partial charge is 0.359 e. The van der Waals surface area contributed by atoms with E-state index in [2.05, 4.69) is 55.5 Å². The molecule has 2 heteroatoms. The maximum atomic E-state index is 3.89. The van der Waals surface area contributed by atoms with E-state index in [9.17, 15) is 0 Å². The number of H-pyrrole nitrogens is 2. The van der Waals surface area contributed by atoms with E-state index in [-0.39, 0.29) is 0 Å². The first-order valence-electron chi connectivity index (χ1n) is 5.09. The molecule has 2 nitrogen and oxygen atoms in total. The van der Waals surface area contributed by atoms with Gasteiger partial charge in [-0.1, -0.05) is 6.58 Å². The second-order valence-corrected chi connectivity index (χ2v) is 4.08. The zero-order chi connectivity index (χ0) is 11.0. The van der Waals surface area contributed by atoms with Gasteiger partial charge in [-0.3, -0.25) is 0 Å². The normalized spacial score (nSPS) is 12.3. The molecule has 0 radical (unpaired) electrons. The minimum atomic E-state index is 0.958. The minimum absolute atomic E-state index is 0.958. The van der Waals surface area contributed by atoms with Crippen LogP contribution in [0.1, 0.15) is 22.5 Å². The van der Waals surface area contributed by atoms with Crippen LogP contribution in [0.3, 0.4) is 0 Å². The van der Waals surface area contributed by atoms with Crippen molar-refractivity contribution >= 4 is 12.7 Å². The highest BCUT2D eigenvalue weighted by atomic mass is 14.7. The van der Waals surface area contributed by atoms with E-state index in [4.69, 9.17) is 0 Å². The fourth-order valence-corrected chi connectivity index (χ4v) is 1.84. The van der Waals surface area contributed by atoms with Crippen molar-refractivity contribution in [1.82, 2.24) is 9.97 Å². The van der Waals surface area contributed by atoms with E-state index >= 15 is 0 Å². The third kappa shape index (κ3) is 1.89. The smallest absolute Gasteiger partial charge is 0.0435 e. The minimum Gasteiger partial charge on any atom is -0.359 e. The van der Waals surface area contributed by atoms with Crippen molar-refractivity contribution in [2.45, 2.75) is 20.8 Å². The number of nitrogens with one attached hydrogen (secondary N) is 2. The Morgan fingerprint density at radius 2 is 1.80 bits per heavy atom. The second kappa shape index (κ2) is 3.46. The van der Waals surface area contributed by atoms with Crippen LogP contribution >= 0.6 is 0 Å². The Labute approximate surface area is 89.4 Å². The van der Waals surface area contributed by atoms with Crippen molar-refractivity contribution in [1.29, 1.82) is 0 Å². The molecule has 0 spiro atoms. The molecular formula is C13H16N2. The second-order valence-electron chi connectivity index (χ2n) is 4.08. The Morgan fingerprint density at radius 1 is 1.07 bits per heavy atom. The van der Waals surface area contributed by atoms with Gasteiger partial charge in [0.05, 0.1) is 0 Å². The molecule has 0 bridgehead atoms. The highest BCUT2D eigenvalue weighted by Crippen LogP contribution is 2.08. The van der Waals surface area contributed by atoms with Gasteiger partial charge in [0, 0.05) is 22.1 Å². The standard InChI is InChI=1S/C13H16N2/c1-8-5-10(3)14-12(8)7-13-9(2)6-11(4)15-13/h5-7,14-15H,3H2,1-2,4H3. The summed E-state index contributed by atoms with van der Waals surface area (Å²) >= 11 is 0. The molecule has 2 rings (SSSR count). The summed E-state index contributed by atoms with van der Waals surface area (Å²) in [5.41, 5.74) is 4.86. The van der Waals surface area contributed by atoms with Crippen molar-refractivity contribution < 1.29 is 0 Å². The SMILES string of the molecule is C=c1cc(C)c(=Cc2[nH]c(C)cc2C)[nH]1. The van der Waals surface area contributed by atoms with Gasteiger partial charge in [-0.05, 0) is 50.1 Å². The topological polar surface area (TPSA) is 31.6 Å². The fourth-order valence-electron chi connectivity index (χ4n) is 1.84. The monoisotopic (exact) mass is 200 g/mol. The Balaban J connectivity index is 2.60. The summed E-state index contributed by atoms with van der Waals surface area (Å²) in [6.07, 6.45) is 2.13. The molecule has 0 atom stereocenters. The molecular weight excluding hydrogens is 184 g/mol. The zero-order valence-electron chi connectivity index (χ0n) is 9.44. The number of rotatable bonds is 1. The molecule has 78 valence electrons. The van der Waals surface area contributed by atoms with Gasteiger partial charge in [-0.2, -0.15) is 0 Å². The molecule has 2 heterocycles. The van der Waals surface area contributed by atoms with Gasteiger partial charge in [0.2, 0.25) is 0 Å². The number of aromatic amines is 2. The molecule has 0 amide bonds. The van der Waals surface area contributed by atoms with E-state index in [1.165, 1.54) is 16.8 Å². The molecule has 0 fully saturated rings. The van der Waals surface area contributed by atoms with Gasteiger partial charge in [-0.25, -0.2) is 0 Å². The summed E-state index contributed by atoms with van der Waals surface area (Å²) in [6.45, 7) is 10.1. The molecule has 0 aliphatic rings. The first-order valence-corrected chi connectivity index (χ1v) is 5.09. The van der Waals surface area contributed by atoms with Crippen molar-refractivity contribution in [2.75, 3.05) is 0 Å². The zero-order valence-corrected chi connectivity index (χ0v) is 9.44. The van der Waals surface area contributed by atoms with Crippen LogP contribution < -0.4 is 10.7 Å². The van der Waals surface area contributed by atoms with E-state index in [0.29, 0.717) is 0 Å². The van der Waals surface area contributed by atoms with Gasteiger partial charge < -0.3 is 9.97 Å². The number of hydrogen-bond donors (Lipinski definition) is 2. The summed E-state index contributed by atoms with van der Waals surface area (Å²) in [4.78, 5) is 6.58. The summed E-state index contributed by atoms with van der Waals surface area (Å²) in [5, 5.41) is 2.09. The van der Waals surface area contributed by atoms with Crippen LogP contribution in [0.25, 0.3) is 12.7 Å². The fraction of sp³-hybridized carbons (Fsp3) is 0.231. The van der Waals surface area contributed by atoms with Crippen LogP contribution in [0, 0.1) is 20.8 Å². The Bertz CT molecular complexity index is 585. The number of hydrogen-bond acceptors (Lipinski definition) is 0. The molecule has 0 aliphatic carbocycles. The van der Waals surface area contributed by atoms with E-state index in [1.54, 1.807) is 0 Å². The van der Waals surface area contributed by atoms with Crippen LogP contribution in [0.2, 0.25) is 0 Å². The van der Waals surface area contributed by atoms with Gasteiger partial charge in [0.1, 0.15) is 0 Å². The summed E-state index contributed by atoms with van der Waals surface area (Å²) in [7, 11) is 0. The van der Waals surface area contributed by atoms with E-state index < -0.39 is 0 Å². The van der Waals surface area contributed by atoms with Crippen LogP contribution in [-0.2, 0) is 0 Å². The van der Waals surface area contributed by atoms with Crippen LogP contribution in [0.15, 0.2) is 12.1 Å². The first-order chi connectivity index (χ1) is 7.06. The lowest BCUT2D eigenvalue weighted by molar-refractivity contribution is 1.21. The quantitative estimate of drug-likeness (QED) is 0.699. The number of aromatic nitrogens is 2. The third-order valence-corrected chi connectivity index (χ3v) is 2.59. The Morgan fingerprint density at radius 3 is 2.27 bits per heavy atom. The van der Waals surface area contributed by atoms with Gasteiger partial charge in [0.25, 0.3) is 0 Å². The molecule has 2 N–H and O–H groups in total. The van der Waals surface area contributed by atoms with Gasteiger partial charge in [0.15, 0.2) is 0 Å². The van der Waals surface area contributed by atoms with Crippen molar-refractivity contribution in [3.63, 3.8) is 0 Å². The molecule has 0 aromatic carbocycles. The van der Waals surface area contributed by atoms with E-state index in [1.807, 2.05) is 0 Å². The number of aryl methyl sites for hydroxylation is 3. The lowest BCUT2D eigenvalue weighted by Crippen LogP contribution is -2.09. The molecule has 0 saturated carbocycles. The predicted octanol–water partition coefficient (Wildman–Crippen LogP) is 1.51. The highest BCUT2D eigenvalue weighted by molar-refractivity contribution is 5.50. The molecule has 15 heavy (non-hydrogen) atoms. The van der Waals surface area contributed by atoms with Gasteiger partial charge in [-0.15, -0.1) is 0 Å². The van der Waals surface area contributed by atoms with Crippen molar-refractivity contribution in [3.8, 4) is 0 Å². The molecule has 2 aromatic rings. The highest BCUT2D eigenvalue weighted by Gasteiger charge is 1.99. The molecule has 0 unspecified atom stereocenters. The van der Waals surface area contributed by atoms with Gasteiger partial charge >= 0.3 is 0 Å². The third-order valence-electron chi connectivity index (χ3n) is 2.59. The Kier molecular flexibility index (Phi) is 2.27. The average molecular weight is 200 g/mol. The summed E-state index contributed by atoms with van der Waals surface area (Å²) in [5.74, 6) is 0. The van der Waals surface area contributed by atoms with Crippen molar-refractivity contribution in [3.05, 3.63) is 45.3 Å². The van der Waals surface area contributed by atoms with Crippen molar-refractivity contribution in [2.24, 2.45) is 0 Å². The van der Waals surface area contributed by atoms with Crippen LogP contribution in [-0.4, -0.2) is 9.97 Å². The average Bonchev–Trinajstić information content (AvgIpc) is 2.58. The summed E-state index contributed by atoms with van der Waals surface area (Å²) < 4.78 is 0. The van der Waals surface area contributed by atoms with Crippen LogP contribution in [0.4, 0.5) is 0 Å². The van der Waals surface area contributed by atoms with Crippen LogP contribution in [0.5, 0.6) is 0 Å².